The summed E-state index contributed by atoms with van der Waals surface area (Å²) in [5.74, 6) is 0.715. The smallest absolute Gasteiger partial charge is 0.275 e. The predicted molar refractivity (Wildman–Crippen MR) is 108 cm³/mol. The molecule has 1 aliphatic rings. The van der Waals surface area contributed by atoms with E-state index >= 15 is 0 Å². The van der Waals surface area contributed by atoms with Gasteiger partial charge in [0.2, 0.25) is 0 Å². The molecule has 1 saturated heterocycles. The average Bonchev–Trinajstić information content (AvgIpc) is 3.46. The molecule has 4 aromatic rings. The molecule has 1 unspecified atom stereocenters. The first-order chi connectivity index (χ1) is 14.1. The Labute approximate surface area is 176 Å². The second-order valence-electron chi connectivity index (χ2n) is 6.81. The number of amides is 1. The summed E-state index contributed by atoms with van der Waals surface area (Å²) < 4.78 is 12.6. The number of hydrogen-bond acceptors (Lipinski definition) is 9. The Morgan fingerprint density at radius 2 is 2.23 bits per heavy atom. The molecule has 0 aromatic carbocycles. The fraction of sp³-hybridized carbons (Fsp3) is 0.278. The highest BCUT2D eigenvalue weighted by Crippen LogP contribution is 2.28. The van der Waals surface area contributed by atoms with Crippen molar-refractivity contribution in [3.8, 4) is 23.0 Å². The van der Waals surface area contributed by atoms with Crippen LogP contribution in [0.5, 0.6) is 0 Å². The maximum absolute atomic E-state index is 11.8. The van der Waals surface area contributed by atoms with Gasteiger partial charge in [0.1, 0.15) is 17.7 Å². The Morgan fingerprint density at radius 1 is 1.37 bits per heavy atom. The van der Waals surface area contributed by atoms with Gasteiger partial charge in [-0.05, 0) is 25.2 Å². The zero-order valence-electron chi connectivity index (χ0n) is 16.0. The van der Waals surface area contributed by atoms with Gasteiger partial charge in [0.15, 0.2) is 22.9 Å². The van der Waals surface area contributed by atoms with E-state index in [0.29, 0.717) is 23.0 Å². The molecule has 30 heavy (non-hydrogen) atoms. The standard InChI is InChI=1S/C18H18N8O3.ClH/c1-25-5-4-20-8-12(25)16-23-18(29-24-16)11-7-10(13-3-2-6-28-13)22-17-14(15(19)27)21-9-26(11)17;/h2-3,6-7,9,12,20H,4-5,8H2,1H3,(H2,19,27);1H. The molecule has 1 amide bonds. The molecule has 5 rings (SSSR count). The summed E-state index contributed by atoms with van der Waals surface area (Å²) in [5.41, 5.74) is 6.83. The molecule has 0 aliphatic carbocycles. The van der Waals surface area contributed by atoms with Crippen molar-refractivity contribution in [2.75, 3.05) is 26.7 Å². The largest absolute Gasteiger partial charge is 0.463 e. The van der Waals surface area contributed by atoms with Crippen LogP contribution in [0.1, 0.15) is 22.4 Å². The zero-order chi connectivity index (χ0) is 20.0. The summed E-state index contributed by atoms with van der Waals surface area (Å²) in [5, 5.41) is 7.50. The van der Waals surface area contributed by atoms with Crippen LogP contribution in [0.25, 0.3) is 28.7 Å². The van der Waals surface area contributed by atoms with E-state index in [1.807, 2.05) is 7.05 Å². The molecule has 1 atom stereocenters. The highest BCUT2D eigenvalue weighted by molar-refractivity contribution is 5.97. The van der Waals surface area contributed by atoms with E-state index in [0.717, 1.165) is 19.6 Å². The summed E-state index contributed by atoms with van der Waals surface area (Å²) in [6, 6.07) is 5.28. The molecule has 0 radical (unpaired) electrons. The molecule has 0 saturated carbocycles. The van der Waals surface area contributed by atoms with Gasteiger partial charge in [0, 0.05) is 19.6 Å². The van der Waals surface area contributed by atoms with Gasteiger partial charge in [0.05, 0.1) is 12.3 Å². The maximum atomic E-state index is 11.8. The van der Waals surface area contributed by atoms with Crippen LogP contribution in [0.4, 0.5) is 0 Å². The Morgan fingerprint density at radius 3 is 2.97 bits per heavy atom. The fourth-order valence-electron chi connectivity index (χ4n) is 3.43. The molecule has 12 heteroatoms. The minimum absolute atomic E-state index is 0. The lowest BCUT2D eigenvalue weighted by atomic mass is 10.2. The molecule has 3 N–H and O–H groups in total. The second-order valence-corrected chi connectivity index (χ2v) is 6.81. The molecule has 1 fully saturated rings. The van der Waals surface area contributed by atoms with Gasteiger partial charge in [-0.1, -0.05) is 5.16 Å². The third-order valence-electron chi connectivity index (χ3n) is 4.98. The number of imidazole rings is 1. The number of carbonyl (C=O) groups excluding carboxylic acids is 1. The van der Waals surface area contributed by atoms with E-state index < -0.39 is 5.91 Å². The summed E-state index contributed by atoms with van der Waals surface area (Å²) in [4.78, 5) is 27.1. The van der Waals surface area contributed by atoms with Crippen LogP contribution in [0.15, 0.2) is 39.7 Å². The van der Waals surface area contributed by atoms with Gasteiger partial charge >= 0.3 is 0 Å². The summed E-state index contributed by atoms with van der Waals surface area (Å²) >= 11 is 0. The molecule has 156 valence electrons. The maximum Gasteiger partial charge on any atom is 0.275 e. The topological polar surface area (TPSA) is 141 Å². The average molecular weight is 431 g/mol. The number of rotatable bonds is 4. The van der Waals surface area contributed by atoms with E-state index in [4.69, 9.17) is 14.7 Å². The van der Waals surface area contributed by atoms with Gasteiger partial charge in [-0.15, -0.1) is 12.4 Å². The minimum Gasteiger partial charge on any atom is -0.463 e. The van der Waals surface area contributed by atoms with E-state index in [-0.39, 0.29) is 35.7 Å². The highest BCUT2D eigenvalue weighted by atomic mass is 35.5. The molecule has 5 heterocycles. The summed E-state index contributed by atoms with van der Waals surface area (Å²) in [6.45, 7) is 2.54. The number of furan rings is 1. The number of aromatic nitrogens is 5. The molecule has 1 aliphatic heterocycles. The third-order valence-corrected chi connectivity index (χ3v) is 4.98. The van der Waals surface area contributed by atoms with Gasteiger partial charge < -0.3 is 20.0 Å². The number of nitrogens with zero attached hydrogens (tertiary/aromatic N) is 6. The first-order valence-electron chi connectivity index (χ1n) is 9.08. The molecule has 0 spiro atoms. The van der Waals surface area contributed by atoms with E-state index in [1.54, 1.807) is 28.9 Å². The van der Waals surface area contributed by atoms with Gasteiger partial charge in [0.25, 0.3) is 11.8 Å². The van der Waals surface area contributed by atoms with Crippen molar-refractivity contribution in [3.05, 3.63) is 42.3 Å². The van der Waals surface area contributed by atoms with Crippen LogP contribution in [0.3, 0.4) is 0 Å². The molecular formula is C18H19ClN8O3. The molecule has 0 bridgehead atoms. The number of nitrogens with two attached hydrogens (primary N) is 1. The number of carbonyl (C=O) groups is 1. The Bertz CT molecular complexity index is 1190. The number of nitrogens with one attached hydrogen (secondary N) is 1. The number of halogens is 1. The lowest BCUT2D eigenvalue weighted by Gasteiger charge is -2.30. The number of likely N-dealkylation sites (N-methyl/N-ethyl adjacent to an activating group) is 1. The van der Waals surface area contributed by atoms with E-state index in [1.165, 1.54) is 6.33 Å². The number of primary amides is 1. The fourth-order valence-corrected chi connectivity index (χ4v) is 3.43. The van der Waals surface area contributed by atoms with Crippen molar-refractivity contribution in [2.24, 2.45) is 5.73 Å². The van der Waals surface area contributed by atoms with Crippen molar-refractivity contribution in [3.63, 3.8) is 0 Å². The van der Waals surface area contributed by atoms with Crippen LogP contribution in [0, 0.1) is 0 Å². The van der Waals surface area contributed by atoms with Crippen LogP contribution in [-0.2, 0) is 0 Å². The minimum atomic E-state index is -0.677. The van der Waals surface area contributed by atoms with Gasteiger partial charge in [-0.25, -0.2) is 9.97 Å². The highest BCUT2D eigenvalue weighted by Gasteiger charge is 2.27. The van der Waals surface area contributed by atoms with Crippen LogP contribution >= 0.6 is 12.4 Å². The lowest BCUT2D eigenvalue weighted by Crippen LogP contribution is -2.44. The summed E-state index contributed by atoms with van der Waals surface area (Å²) in [7, 11) is 2.02. The van der Waals surface area contributed by atoms with Crippen molar-refractivity contribution in [1.29, 1.82) is 0 Å². The quantitative estimate of drug-likeness (QED) is 0.487. The van der Waals surface area contributed by atoms with Gasteiger partial charge in [-0.2, -0.15) is 4.98 Å². The predicted octanol–water partition coefficient (Wildman–Crippen LogP) is 1.14. The SMILES string of the molecule is CN1CCNCC1c1noc(-c2cc(-c3ccco3)nc3c(C(N)=O)ncn23)n1.Cl. The van der Waals surface area contributed by atoms with Crippen molar-refractivity contribution >= 4 is 24.0 Å². The second kappa shape index (κ2) is 7.86. The molecular weight excluding hydrogens is 412 g/mol. The molecule has 11 nitrogen and oxygen atoms in total. The Balaban J connectivity index is 0.00000218. The number of piperazine rings is 1. The van der Waals surface area contributed by atoms with Crippen LogP contribution < -0.4 is 11.1 Å². The third kappa shape index (κ3) is 3.32. The Hall–Kier alpha value is -3.28. The van der Waals surface area contributed by atoms with E-state index in [2.05, 4.69) is 30.3 Å². The van der Waals surface area contributed by atoms with Crippen LogP contribution in [0.2, 0.25) is 0 Å². The van der Waals surface area contributed by atoms with Crippen LogP contribution in [-0.4, -0.2) is 62.0 Å². The van der Waals surface area contributed by atoms with Gasteiger partial charge in [-0.3, -0.25) is 14.1 Å². The van der Waals surface area contributed by atoms with E-state index in [9.17, 15) is 4.79 Å². The van der Waals surface area contributed by atoms with Crippen molar-refractivity contribution < 1.29 is 13.7 Å². The molecule has 4 aromatic heterocycles. The number of hydrogen-bond donors (Lipinski definition) is 2. The van der Waals surface area contributed by atoms with Crippen molar-refractivity contribution in [1.82, 2.24) is 34.7 Å². The first-order valence-corrected chi connectivity index (χ1v) is 9.08. The summed E-state index contributed by atoms with van der Waals surface area (Å²) in [6.07, 6.45) is 3.00. The zero-order valence-corrected chi connectivity index (χ0v) is 16.8. The first kappa shape index (κ1) is 20.0. The van der Waals surface area contributed by atoms with Crippen molar-refractivity contribution in [2.45, 2.75) is 6.04 Å². The number of fused-ring (bicyclic) bond motifs is 1. The lowest BCUT2D eigenvalue weighted by molar-refractivity contribution is 0.0997. The monoisotopic (exact) mass is 430 g/mol. The Kier molecular flexibility index (Phi) is 5.24. The normalized spacial score (nSPS) is 17.2.